The molecule has 0 saturated carbocycles. The van der Waals surface area contributed by atoms with Crippen LogP contribution in [0.1, 0.15) is 6.92 Å². The lowest BCUT2D eigenvalue weighted by Gasteiger charge is -2.09. The van der Waals surface area contributed by atoms with Crippen molar-refractivity contribution in [2.24, 2.45) is 5.92 Å². The van der Waals surface area contributed by atoms with E-state index in [1.54, 1.807) is 6.92 Å². The second kappa shape index (κ2) is 2.92. The Hall–Kier alpha value is -1.39. The van der Waals surface area contributed by atoms with Crippen molar-refractivity contribution < 1.29 is 19.5 Å². The molecule has 0 aromatic rings. The summed E-state index contributed by atoms with van der Waals surface area (Å²) < 4.78 is 0. The number of carboxylic acids is 1. The van der Waals surface area contributed by atoms with Crippen molar-refractivity contribution in [2.75, 3.05) is 13.1 Å². The minimum Gasteiger partial charge on any atom is -0.481 e. The maximum atomic E-state index is 11.0. The Morgan fingerprint density at radius 1 is 1.67 bits per heavy atom. The van der Waals surface area contributed by atoms with Crippen LogP contribution in [0.4, 0.5) is 0 Å². The van der Waals surface area contributed by atoms with Gasteiger partial charge in [-0.05, 0) is 6.92 Å². The number of carboxylic acid groups (broad SMARTS) is 1. The first-order chi connectivity index (χ1) is 5.57. The molecule has 5 heteroatoms. The fraction of sp³-hybridized carbons (Fsp3) is 0.571. The summed E-state index contributed by atoms with van der Waals surface area (Å²) in [6.07, 6.45) is 0. The second-order valence-corrected chi connectivity index (χ2v) is 2.60. The molecule has 0 aromatic heterocycles. The first kappa shape index (κ1) is 8.70. The first-order valence-electron chi connectivity index (χ1n) is 3.63. The number of carbonyl (C=O) groups excluding carboxylic acids is 2. The summed E-state index contributed by atoms with van der Waals surface area (Å²) in [6, 6.07) is 0. The van der Waals surface area contributed by atoms with E-state index >= 15 is 0 Å². The Bertz CT molecular complexity index is 248. The van der Waals surface area contributed by atoms with Gasteiger partial charge in [-0.25, -0.2) is 0 Å². The van der Waals surface area contributed by atoms with Crippen molar-refractivity contribution in [3.05, 3.63) is 0 Å². The van der Waals surface area contributed by atoms with Crippen LogP contribution >= 0.6 is 0 Å². The van der Waals surface area contributed by atoms with Crippen molar-refractivity contribution in [3.8, 4) is 0 Å². The van der Waals surface area contributed by atoms with Crippen molar-refractivity contribution in [2.45, 2.75) is 6.92 Å². The number of carbonyl (C=O) groups is 3. The molecule has 0 aliphatic carbocycles. The van der Waals surface area contributed by atoms with E-state index in [9.17, 15) is 14.4 Å². The summed E-state index contributed by atoms with van der Waals surface area (Å²) in [4.78, 5) is 33.6. The monoisotopic (exact) mass is 171 g/mol. The van der Waals surface area contributed by atoms with Crippen molar-refractivity contribution in [3.63, 3.8) is 0 Å². The summed E-state index contributed by atoms with van der Waals surface area (Å²) in [5.74, 6) is -3.85. The van der Waals surface area contributed by atoms with Gasteiger partial charge in [0.1, 0.15) is 5.92 Å². The third-order valence-electron chi connectivity index (χ3n) is 1.90. The van der Waals surface area contributed by atoms with Crippen molar-refractivity contribution >= 4 is 17.7 Å². The van der Waals surface area contributed by atoms with E-state index < -0.39 is 23.6 Å². The van der Waals surface area contributed by atoms with Crippen molar-refractivity contribution in [1.82, 2.24) is 4.90 Å². The number of aliphatic carboxylic acids is 1. The highest BCUT2D eigenvalue weighted by Crippen LogP contribution is 2.13. The molecule has 1 N–H and O–H groups in total. The Balaban J connectivity index is 2.81. The Kier molecular flexibility index (Phi) is 2.12. The molecule has 1 atom stereocenters. The van der Waals surface area contributed by atoms with E-state index in [1.165, 1.54) is 4.90 Å². The molecule has 0 spiro atoms. The van der Waals surface area contributed by atoms with Crippen LogP contribution in [0.25, 0.3) is 0 Å². The quantitative estimate of drug-likeness (QED) is 0.432. The zero-order valence-electron chi connectivity index (χ0n) is 6.61. The molecule has 0 bridgehead atoms. The number of hydrogen-bond acceptors (Lipinski definition) is 3. The smallest absolute Gasteiger partial charge is 0.316 e. The summed E-state index contributed by atoms with van der Waals surface area (Å²) >= 11 is 0. The van der Waals surface area contributed by atoms with Crippen LogP contribution in [0, 0.1) is 5.92 Å². The number of rotatable bonds is 2. The molecule has 1 aliphatic rings. The van der Waals surface area contributed by atoms with Gasteiger partial charge in [-0.15, -0.1) is 0 Å². The average Bonchev–Trinajstić information content (AvgIpc) is 2.30. The maximum absolute atomic E-state index is 11.0. The molecule has 66 valence electrons. The summed E-state index contributed by atoms with van der Waals surface area (Å²) in [6.45, 7) is 2.10. The van der Waals surface area contributed by atoms with Gasteiger partial charge >= 0.3 is 5.97 Å². The zero-order valence-corrected chi connectivity index (χ0v) is 6.61. The SMILES string of the molecule is CCN1C[C@@H](C(=O)O)C(=O)C1=O. The normalized spacial score (nSPS) is 23.4. The van der Waals surface area contributed by atoms with Gasteiger partial charge in [0.25, 0.3) is 5.91 Å². The van der Waals surface area contributed by atoms with E-state index in [0.29, 0.717) is 6.54 Å². The standard InChI is InChI=1S/C7H9NO4/c1-2-8-3-4(7(11)12)5(9)6(8)10/h4H,2-3H2,1H3,(H,11,12)/t4-/m1/s1. The molecule has 0 unspecified atom stereocenters. The summed E-state index contributed by atoms with van der Waals surface area (Å²) in [5, 5.41) is 8.52. The average molecular weight is 171 g/mol. The molecule has 1 aliphatic heterocycles. The number of likely N-dealkylation sites (N-methyl/N-ethyl adjacent to an activating group) is 1. The molecule has 0 radical (unpaired) electrons. The van der Waals surface area contributed by atoms with E-state index in [-0.39, 0.29) is 6.54 Å². The van der Waals surface area contributed by atoms with E-state index in [2.05, 4.69) is 0 Å². The molecule has 5 nitrogen and oxygen atoms in total. The number of nitrogens with zero attached hydrogens (tertiary/aromatic N) is 1. The molecular formula is C7H9NO4. The topological polar surface area (TPSA) is 74.7 Å². The minimum absolute atomic E-state index is 0.0174. The fourth-order valence-corrected chi connectivity index (χ4v) is 1.15. The molecule has 1 saturated heterocycles. The van der Waals surface area contributed by atoms with Gasteiger partial charge in [0, 0.05) is 13.1 Å². The van der Waals surface area contributed by atoms with Crippen LogP contribution in [0.5, 0.6) is 0 Å². The molecule has 0 aromatic carbocycles. The number of hydrogen-bond donors (Lipinski definition) is 1. The van der Waals surface area contributed by atoms with Crippen LogP contribution in [0.15, 0.2) is 0 Å². The van der Waals surface area contributed by atoms with E-state index in [1.807, 2.05) is 0 Å². The molecule has 12 heavy (non-hydrogen) atoms. The fourth-order valence-electron chi connectivity index (χ4n) is 1.15. The van der Waals surface area contributed by atoms with Gasteiger partial charge in [-0.2, -0.15) is 0 Å². The summed E-state index contributed by atoms with van der Waals surface area (Å²) in [7, 11) is 0. The third kappa shape index (κ3) is 1.17. The Labute approximate surface area is 69.0 Å². The highest BCUT2D eigenvalue weighted by Gasteiger charge is 2.42. The predicted molar refractivity (Wildman–Crippen MR) is 38.4 cm³/mol. The van der Waals surface area contributed by atoms with E-state index in [0.717, 1.165) is 0 Å². The van der Waals surface area contributed by atoms with Gasteiger partial charge in [0.15, 0.2) is 0 Å². The van der Waals surface area contributed by atoms with Gasteiger partial charge in [0.2, 0.25) is 5.78 Å². The molecule has 1 fully saturated rings. The molecule has 1 amide bonds. The lowest BCUT2D eigenvalue weighted by Crippen LogP contribution is -2.26. The van der Waals surface area contributed by atoms with Crippen LogP contribution in [0.2, 0.25) is 0 Å². The van der Waals surface area contributed by atoms with Crippen LogP contribution in [0.3, 0.4) is 0 Å². The van der Waals surface area contributed by atoms with Gasteiger partial charge in [-0.3, -0.25) is 14.4 Å². The lowest BCUT2D eigenvalue weighted by molar-refractivity contribution is -0.147. The molecule has 1 rings (SSSR count). The number of ketones is 1. The van der Waals surface area contributed by atoms with Crippen LogP contribution in [-0.4, -0.2) is 40.8 Å². The van der Waals surface area contributed by atoms with Gasteiger partial charge < -0.3 is 10.0 Å². The lowest BCUT2D eigenvalue weighted by atomic mass is 10.1. The predicted octanol–water partition coefficient (Wildman–Crippen LogP) is -0.882. The summed E-state index contributed by atoms with van der Waals surface area (Å²) in [5.41, 5.74) is 0. The zero-order chi connectivity index (χ0) is 9.30. The van der Waals surface area contributed by atoms with Crippen molar-refractivity contribution in [1.29, 1.82) is 0 Å². The van der Waals surface area contributed by atoms with Gasteiger partial charge in [0.05, 0.1) is 0 Å². The number of Topliss-reactive ketones (excluding diaryl/α,β-unsaturated/α-hetero) is 1. The molecule has 1 heterocycles. The second-order valence-electron chi connectivity index (χ2n) is 2.60. The van der Waals surface area contributed by atoms with Gasteiger partial charge in [-0.1, -0.05) is 0 Å². The van der Waals surface area contributed by atoms with Crippen LogP contribution in [-0.2, 0) is 14.4 Å². The highest BCUT2D eigenvalue weighted by atomic mass is 16.4. The molecular weight excluding hydrogens is 162 g/mol. The van der Waals surface area contributed by atoms with E-state index in [4.69, 9.17) is 5.11 Å². The third-order valence-corrected chi connectivity index (χ3v) is 1.90. The maximum Gasteiger partial charge on any atom is 0.316 e. The number of amides is 1. The number of likely N-dealkylation sites (tertiary alicyclic amines) is 1. The van der Waals surface area contributed by atoms with Crippen LogP contribution < -0.4 is 0 Å². The Morgan fingerprint density at radius 3 is 2.50 bits per heavy atom. The Morgan fingerprint density at radius 2 is 2.25 bits per heavy atom. The minimum atomic E-state index is -1.22. The highest BCUT2D eigenvalue weighted by molar-refractivity contribution is 6.42. The first-order valence-corrected chi connectivity index (χ1v) is 3.63. The largest absolute Gasteiger partial charge is 0.481 e.